The summed E-state index contributed by atoms with van der Waals surface area (Å²) in [5.74, 6) is 0.690. The van der Waals surface area contributed by atoms with Crippen LogP contribution in [0.3, 0.4) is 0 Å². The highest BCUT2D eigenvalue weighted by atomic mass is 16.6. The summed E-state index contributed by atoms with van der Waals surface area (Å²) < 4.78 is 5.83. The predicted molar refractivity (Wildman–Crippen MR) is 87.5 cm³/mol. The summed E-state index contributed by atoms with van der Waals surface area (Å²) in [6.07, 6.45) is 6.26. The Bertz CT molecular complexity index is 745. The van der Waals surface area contributed by atoms with Gasteiger partial charge in [0, 0.05) is 18.8 Å². The molecule has 1 aliphatic carbocycles. The van der Waals surface area contributed by atoms with Crippen LogP contribution >= 0.6 is 0 Å². The van der Waals surface area contributed by atoms with Crippen LogP contribution in [-0.2, 0) is 4.74 Å². The van der Waals surface area contributed by atoms with E-state index in [9.17, 15) is 10.1 Å². The third-order valence-corrected chi connectivity index (χ3v) is 4.76. The first-order valence-corrected chi connectivity index (χ1v) is 8.12. The van der Waals surface area contributed by atoms with Crippen LogP contribution in [0.5, 0.6) is 0 Å². The number of nitro groups is 1. The van der Waals surface area contributed by atoms with Gasteiger partial charge in [0.15, 0.2) is 0 Å². The van der Waals surface area contributed by atoms with Crippen molar-refractivity contribution in [2.24, 2.45) is 5.92 Å². The molecule has 2 atom stereocenters. The summed E-state index contributed by atoms with van der Waals surface area (Å²) in [5.41, 5.74) is 1.34. The Morgan fingerprint density at radius 3 is 2.91 bits per heavy atom. The molecule has 2 fully saturated rings. The number of aromatic nitrogens is 1. The fraction of sp³-hybridized carbons (Fsp3) is 0.471. The van der Waals surface area contributed by atoms with Crippen LogP contribution in [0.2, 0.25) is 0 Å². The Hall–Kier alpha value is -2.21. The van der Waals surface area contributed by atoms with Crippen molar-refractivity contribution in [1.82, 2.24) is 4.98 Å². The molecular formula is C17H19N3O3. The Morgan fingerprint density at radius 1 is 1.26 bits per heavy atom. The van der Waals surface area contributed by atoms with Gasteiger partial charge in [-0.3, -0.25) is 15.1 Å². The van der Waals surface area contributed by atoms with Gasteiger partial charge in [0.25, 0.3) is 0 Å². The van der Waals surface area contributed by atoms with E-state index in [1.165, 1.54) is 12.8 Å². The first kappa shape index (κ1) is 14.4. The lowest BCUT2D eigenvalue weighted by molar-refractivity contribution is -0.382. The van der Waals surface area contributed by atoms with E-state index < -0.39 is 0 Å². The first-order valence-electron chi connectivity index (χ1n) is 8.12. The fourth-order valence-electron chi connectivity index (χ4n) is 3.43. The monoisotopic (exact) mass is 313 g/mol. The highest BCUT2D eigenvalue weighted by Gasteiger charge is 2.36. The minimum Gasteiger partial charge on any atom is -0.378 e. The number of hydrogen-bond donors (Lipinski definition) is 1. The van der Waals surface area contributed by atoms with Crippen LogP contribution < -0.4 is 5.32 Å². The first-order chi connectivity index (χ1) is 11.2. The molecule has 0 radical (unpaired) electrons. The third kappa shape index (κ3) is 2.86. The molecule has 1 aromatic heterocycles. The normalized spacial score (nSPS) is 24.5. The molecule has 23 heavy (non-hydrogen) atoms. The van der Waals surface area contributed by atoms with E-state index in [4.69, 9.17) is 4.74 Å². The molecule has 0 bridgehead atoms. The third-order valence-electron chi connectivity index (χ3n) is 4.76. The quantitative estimate of drug-likeness (QED) is 0.690. The van der Waals surface area contributed by atoms with Gasteiger partial charge in [0.1, 0.15) is 5.69 Å². The van der Waals surface area contributed by atoms with Crippen LogP contribution in [0.25, 0.3) is 10.9 Å². The Morgan fingerprint density at radius 2 is 2.13 bits per heavy atom. The number of fused-ring (bicyclic) bond motifs is 1. The maximum absolute atomic E-state index is 11.6. The number of nitrogens with zero attached hydrogens (tertiary/aromatic N) is 2. The topological polar surface area (TPSA) is 77.3 Å². The molecule has 1 aromatic carbocycles. The van der Waals surface area contributed by atoms with Crippen molar-refractivity contribution in [3.63, 3.8) is 0 Å². The Kier molecular flexibility index (Phi) is 3.61. The van der Waals surface area contributed by atoms with Gasteiger partial charge in [0.2, 0.25) is 0 Å². The molecule has 2 unspecified atom stereocenters. The summed E-state index contributed by atoms with van der Waals surface area (Å²) in [5, 5.41) is 15.5. The zero-order valence-corrected chi connectivity index (χ0v) is 12.8. The van der Waals surface area contributed by atoms with Crippen molar-refractivity contribution in [3.8, 4) is 0 Å². The molecule has 0 spiro atoms. The summed E-state index contributed by atoms with van der Waals surface area (Å²) in [6.45, 7) is 0.724. The van der Waals surface area contributed by atoms with Crippen molar-refractivity contribution >= 4 is 22.3 Å². The average Bonchev–Trinajstić information content (AvgIpc) is 3.39. The molecule has 2 aliphatic rings. The van der Waals surface area contributed by atoms with Crippen LogP contribution in [0, 0.1) is 16.0 Å². The second-order valence-corrected chi connectivity index (χ2v) is 6.40. The lowest BCUT2D eigenvalue weighted by atomic mass is 9.99. The number of benzene rings is 1. The molecule has 120 valence electrons. The molecule has 4 rings (SSSR count). The van der Waals surface area contributed by atoms with Crippen LogP contribution in [-0.4, -0.2) is 28.7 Å². The van der Waals surface area contributed by atoms with Crippen molar-refractivity contribution in [2.45, 2.75) is 37.8 Å². The molecule has 1 saturated heterocycles. The minimum atomic E-state index is -0.315. The van der Waals surface area contributed by atoms with Crippen molar-refractivity contribution in [2.75, 3.05) is 11.9 Å². The molecule has 6 heteroatoms. The largest absolute Gasteiger partial charge is 0.378 e. The second kappa shape index (κ2) is 5.77. The number of nitro benzene ring substituents is 1. The van der Waals surface area contributed by atoms with Crippen molar-refractivity contribution < 1.29 is 9.66 Å². The van der Waals surface area contributed by atoms with Crippen LogP contribution in [0.1, 0.15) is 25.7 Å². The van der Waals surface area contributed by atoms with Gasteiger partial charge in [0.05, 0.1) is 21.9 Å². The van der Waals surface area contributed by atoms with E-state index in [1.54, 1.807) is 24.4 Å². The van der Waals surface area contributed by atoms with Gasteiger partial charge in [-0.25, -0.2) is 0 Å². The summed E-state index contributed by atoms with van der Waals surface area (Å²) in [4.78, 5) is 15.5. The predicted octanol–water partition coefficient (Wildman–Crippen LogP) is 3.51. The lowest BCUT2D eigenvalue weighted by Crippen LogP contribution is -2.35. The molecule has 6 nitrogen and oxygen atoms in total. The number of ether oxygens (including phenoxy) is 1. The van der Waals surface area contributed by atoms with Gasteiger partial charge >= 0.3 is 5.69 Å². The van der Waals surface area contributed by atoms with E-state index in [0.717, 1.165) is 19.4 Å². The fourth-order valence-corrected chi connectivity index (χ4v) is 3.43. The maximum Gasteiger partial charge on any atom is 0.301 e. The van der Waals surface area contributed by atoms with E-state index in [2.05, 4.69) is 10.3 Å². The van der Waals surface area contributed by atoms with E-state index >= 15 is 0 Å². The summed E-state index contributed by atoms with van der Waals surface area (Å²) in [6, 6.07) is 7.32. The summed E-state index contributed by atoms with van der Waals surface area (Å²) >= 11 is 0. The van der Waals surface area contributed by atoms with Crippen molar-refractivity contribution in [1.29, 1.82) is 0 Å². The molecule has 2 heterocycles. The SMILES string of the molecule is O=[N+]([O-])c1c(NC2CCOC(C3CC3)C2)ccc2ncccc12. The van der Waals surface area contributed by atoms with E-state index in [1.807, 2.05) is 6.07 Å². The molecule has 1 aliphatic heterocycles. The zero-order chi connectivity index (χ0) is 15.8. The van der Waals surface area contributed by atoms with Crippen molar-refractivity contribution in [3.05, 3.63) is 40.6 Å². The van der Waals surface area contributed by atoms with Gasteiger partial charge in [-0.2, -0.15) is 0 Å². The van der Waals surface area contributed by atoms with Gasteiger partial charge in [-0.15, -0.1) is 0 Å². The highest BCUT2D eigenvalue weighted by Crippen LogP contribution is 2.39. The number of hydrogen-bond acceptors (Lipinski definition) is 5. The van der Waals surface area contributed by atoms with Gasteiger partial charge in [-0.1, -0.05) is 0 Å². The van der Waals surface area contributed by atoms with E-state index in [0.29, 0.717) is 28.6 Å². The molecule has 2 aromatic rings. The van der Waals surface area contributed by atoms with Gasteiger partial charge < -0.3 is 10.1 Å². The molecular weight excluding hydrogens is 294 g/mol. The molecule has 0 amide bonds. The van der Waals surface area contributed by atoms with Crippen LogP contribution in [0.4, 0.5) is 11.4 Å². The van der Waals surface area contributed by atoms with E-state index in [-0.39, 0.29) is 16.7 Å². The molecule has 1 N–H and O–H groups in total. The number of nitrogens with one attached hydrogen (secondary N) is 1. The number of pyridine rings is 1. The standard InChI is InChI=1S/C17H19N3O3/c21-20(22)17-13-2-1-8-18-14(13)5-6-15(17)19-12-7-9-23-16(10-12)11-3-4-11/h1-2,5-6,8,11-12,16,19H,3-4,7,9-10H2. The maximum atomic E-state index is 11.6. The second-order valence-electron chi connectivity index (χ2n) is 6.40. The van der Waals surface area contributed by atoms with Gasteiger partial charge in [-0.05, 0) is 55.9 Å². The Labute approximate surface area is 134 Å². The Balaban J connectivity index is 1.63. The highest BCUT2D eigenvalue weighted by molar-refractivity contribution is 5.94. The zero-order valence-electron chi connectivity index (χ0n) is 12.8. The summed E-state index contributed by atoms with van der Waals surface area (Å²) in [7, 11) is 0. The molecule has 1 saturated carbocycles. The van der Waals surface area contributed by atoms with Crippen LogP contribution in [0.15, 0.2) is 30.5 Å². The smallest absolute Gasteiger partial charge is 0.301 e. The number of anilines is 1. The number of rotatable bonds is 4. The average molecular weight is 313 g/mol. The minimum absolute atomic E-state index is 0.116. The lowest BCUT2D eigenvalue weighted by Gasteiger charge is -2.30.